The van der Waals surface area contributed by atoms with Crippen molar-refractivity contribution in [1.82, 2.24) is 5.32 Å². The maximum absolute atomic E-state index is 12.9. The number of nitrogens with one attached hydrogen (secondary N) is 1. The third kappa shape index (κ3) is 8.50. The topological polar surface area (TPSA) is 117 Å². The molecule has 1 amide bonds. The first-order chi connectivity index (χ1) is 17.8. The van der Waals surface area contributed by atoms with E-state index in [2.05, 4.69) is 5.32 Å². The highest BCUT2D eigenvalue weighted by Gasteiger charge is 2.33. The Bertz CT molecular complexity index is 1210. The van der Waals surface area contributed by atoms with E-state index in [0.29, 0.717) is 0 Å². The van der Waals surface area contributed by atoms with Crippen molar-refractivity contribution in [3.63, 3.8) is 0 Å². The van der Waals surface area contributed by atoms with Gasteiger partial charge < -0.3 is 24.3 Å². The quantitative estimate of drug-likeness (QED) is 0.248. The van der Waals surface area contributed by atoms with Crippen molar-refractivity contribution in [2.45, 2.75) is 39.2 Å². The molecule has 3 rings (SSSR count). The van der Waals surface area contributed by atoms with E-state index in [1.54, 1.807) is 60.7 Å². The fourth-order valence-electron chi connectivity index (χ4n) is 3.26. The van der Waals surface area contributed by atoms with Crippen molar-refractivity contribution in [3.8, 4) is 5.75 Å². The van der Waals surface area contributed by atoms with Gasteiger partial charge in [0.1, 0.15) is 30.6 Å². The van der Waals surface area contributed by atoms with E-state index in [-0.39, 0.29) is 24.5 Å². The Labute approximate surface area is 214 Å². The van der Waals surface area contributed by atoms with E-state index in [4.69, 9.17) is 18.9 Å². The van der Waals surface area contributed by atoms with Crippen molar-refractivity contribution in [2.75, 3.05) is 0 Å². The van der Waals surface area contributed by atoms with E-state index in [1.807, 2.05) is 12.1 Å². The van der Waals surface area contributed by atoms with Gasteiger partial charge in [-0.25, -0.2) is 14.4 Å². The predicted molar refractivity (Wildman–Crippen MR) is 132 cm³/mol. The molecule has 0 bridgehead atoms. The van der Waals surface area contributed by atoms with Crippen molar-refractivity contribution >= 4 is 24.0 Å². The lowest BCUT2D eigenvalue weighted by Crippen LogP contribution is -2.50. The van der Waals surface area contributed by atoms with E-state index in [0.717, 1.165) is 11.1 Å². The number of carbonyl (C=O) groups is 4. The third-order valence-corrected chi connectivity index (χ3v) is 5.09. The van der Waals surface area contributed by atoms with Gasteiger partial charge in [0.05, 0.1) is 0 Å². The SMILES string of the molecule is CC(=O)Oc1ccccc1C(=O)O[C@H](C)[C@H](NC(=O)OCc1ccccc1)C(=O)OCc1ccccc1. The molecule has 9 heteroatoms. The minimum atomic E-state index is -1.38. The molecule has 37 heavy (non-hydrogen) atoms. The molecule has 1 N–H and O–H groups in total. The van der Waals surface area contributed by atoms with Crippen LogP contribution >= 0.6 is 0 Å². The number of carbonyl (C=O) groups excluding carboxylic acids is 4. The molecule has 3 aromatic rings. The van der Waals surface area contributed by atoms with Crippen LogP contribution < -0.4 is 10.1 Å². The molecule has 0 heterocycles. The summed E-state index contributed by atoms with van der Waals surface area (Å²) < 4.78 is 21.1. The van der Waals surface area contributed by atoms with Crippen molar-refractivity contribution in [1.29, 1.82) is 0 Å². The molecule has 0 saturated heterocycles. The van der Waals surface area contributed by atoms with E-state index in [1.165, 1.54) is 26.0 Å². The van der Waals surface area contributed by atoms with Crippen LogP contribution in [-0.2, 0) is 37.0 Å². The zero-order valence-electron chi connectivity index (χ0n) is 20.4. The molecular weight excluding hydrogens is 478 g/mol. The fourth-order valence-corrected chi connectivity index (χ4v) is 3.26. The minimum Gasteiger partial charge on any atom is -0.459 e. The molecule has 0 radical (unpaired) electrons. The highest BCUT2D eigenvalue weighted by atomic mass is 16.6. The molecule has 3 aromatic carbocycles. The largest absolute Gasteiger partial charge is 0.459 e. The van der Waals surface area contributed by atoms with Gasteiger partial charge in [-0.1, -0.05) is 72.8 Å². The third-order valence-electron chi connectivity index (χ3n) is 5.09. The van der Waals surface area contributed by atoms with Gasteiger partial charge in [-0.15, -0.1) is 0 Å². The summed E-state index contributed by atoms with van der Waals surface area (Å²) in [6.07, 6.45) is -2.06. The molecule has 2 atom stereocenters. The van der Waals surface area contributed by atoms with Gasteiger partial charge in [-0.05, 0) is 30.2 Å². The second kappa shape index (κ2) is 13.4. The Morgan fingerprint density at radius 2 is 1.30 bits per heavy atom. The van der Waals surface area contributed by atoms with Crippen LogP contribution in [0.5, 0.6) is 5.75 Å². The number of ether oxygens (including phenoxy) is 4. The van der Waals surface area contributed by atoms with Crippen LogP contribution in [0.4, 0.5) is 4.79 Å². The molecule has 0 aliphatic carbocycles. The number of rotatable bonds is 10. The van der Waals surface area contributed by atoms with Gasteiger partial charge in [-0.3, -0.25) is 4.79 Å². The number of alkyl carbamates (subject to hydrolysis) is 1. The molecular formula is C28H27NO8. The molecule has 0 aliphatic heterocycles. The molecule has 0 aliphatic rings. The van der Waals surface area contributed by atoms with Gasteiger partial charge in [0.2, 0.25) is 0 Å². The Kier molecular flexibility index (Phi) is 9.78. The van der Waals surface area contributed by atoms with Crippen molar-refractivity contribution in [3.05, 3.63) is 102 Å². The first-order valence-corrected chi connectivity index (χ1v) is 11.5. The standard InChI is InChI=1S/C28H27NO8/c1-19(36-26(31)23-15-9-10-16-24(23)37-20(2)30)25(27(32)34-17-21-11-5-3-6-12-21)29-28(33)35-18-22-13-7-4-8-14-22/h3-16,19,25H,17-18H2,1-2H3,(H,29,33)/t19-,25+/m1/s1. The lowest BCUT2D eigenvalue weighted by Gasteiger charge is -2.24. The van der Waals surface area contributed by atoms with Crippen molar-refractivity contribution < 1.29 is 38.1 Å². The average molecular weight is 506 g/mol. The second-order valence-electron chi connectivity index (χ2n) is 7.98. The second-order valence-corrected chi connectivity index (χ2v) is 7.98. The highest BCUT2D eigenvalue weighted by Crippen LogP contribution is 2.20. The number of amides is 1. The fraction of sp³-hybridized carbons (Fsp3) is 0.214. The molecule has 9 nitrogen and oxygen atoms in total. The van der Waals surface area contributed by atoms with Gasteiger partial charge in [0, 0.05) is 6.92 Å². The van der Waals surface area contributed by atoms with Crippen LogP contribution in [0.3, 0.4) is 0 Å². The number of hydrogen-bond donors (Lipinski definition) is 1. The zero-order chi connectivity index (χ0) is 26.6. The number of benzene rings is 3. The maximum Gasteiger partial charge on any atom is 0.408 e. The summed E-state index contributed by atoms with van der Waals surface area (Å²) in [5.74, 6) is -2.29. The zero-order valence-corrected chi connectivity index (χ0v) is 20.4. The first-order valence-electron chi connectivity index (χ1n) is 11.5. The average Bonchev–Trinajstić information content (AvgIpc) is 2.90. The van der Waals surface area contributed by atoms with Crippen LogP contribution in [0.1, 0.15) is 35.3 Å². The summed E-state index contributed by atoms with van der Waals surface area (Å²) in [6, 6.07) is 22.6. The molecule has 0 fully saturated rings. The van der Waals surface area contributed by atoms with Gasteiger partial charge in [0.25, 0.3) is 0 Å². The molecule has 0 unspecified atom stereocenters. The van der Waals surface area contributed by atoms with Gasteiger partial charge >= 0.3 is 24.0 Å². The van der Waals surface area contributed by atoms with Crippen LogP contribution in [0.25, 0.3) is 0 Å². The summed E-state index contributed by atoms with van der Waals surface area (Å²) in [4.78, 5) is 49.7. The van der Waals surface area contributed by atoms with E-state index < -0.39 is 36.1 Å². The summed E-state index contributed by atoms with van der Waals surface area (Å²) >= 11 is 0. The number of para-hydroxylation sites is 1. The smallest absolute Gasteiger partial charge is 0.408 e. The molecule has 192 valence electrons. The summed E-state index contributed by atoms with van der Waals surface area (Å²) in [6.45, 7) is 2.56. The normalized spacial score (nSPS) is 11.9. The lowest BCUT2D eigenvalue weighted by molar-refractivity contribution is -0.150. The van der Waals surface area contributed by atoms with Crippen LogP contribution in [0, 0.1) is 0 Å². The molecule has 0 saturated carbocycles. The summed E-state index contributed by atoms with van der Waals surface area (Å²) in [5, 5.41) is 2.43. The summed E-state index contributed by atoms with van der Waals surface area (Å²) in [7, 11) is 0. The highest BCUT2D eigenvalue weighted by molar-refractivity contribution is 5.94. The Morgan fingerprint density at radius 3 is 1.89 bits per heavy atom. The lowest BCUT2D eigenvalue weighted by atomic mass is 10.1. The molecule has 0 spiro atoms. The van der Waals surface area contributed by atoms with Gasteiger partial charge in [-0.2, -0.15) is 0 Å². The number of hydrogen-bond acceptors (Lipinski definition) is 8. The van der Waals surface area contributed by atoms with E-state index in [9.17, 15) is 19.2 Å². The van der Waals surface area contributed by atoms with Crippen LogP contribution in [0.15, 0.2) is 84.9 Å². The first kappa shape index (κ1) is 26.9. The van der Waals surface area contributed by atoms with Crippen LogP contribution in [-0.4, -0.2) is 36.1 Å². The Morgan fingerprint density at radius 1 is 0.757 bits per heavy atom. The summed E-state index contributed by atoms with van der Waals surface area (Å²) in [5.41, 5.74) is 1.47. The monoisotopic (exact) mass is 505 g/mol. The Hall–Kier alpha value is -4.66. The Balaban J connectivity index is 1.71. The maximum atomic E-state index is 12.9. The van der Waals surface area contributed by atoms with Crippen LogP contribution in [0.2, 0.25) is 0 Å². The van der Waals surface area contributed by atoms with E-state index >= 15 is 0 Å². The number of esters is 3. The van der Waals surface area contributed by atoms with Gasteiger partial charge in [0.15, 0.2) is 6.04 Å². The minimum absolute atomic E-state index is 0.00522. The molecule has 0 aromatic heterocycles. The predicted octanol–water partition coefficient (Wildman–Crippen LogP) is 4.20. The van der Waals surface area contributed by atoms with Crippen molar-refractivity contribution in [2.24, 2.45) is 0 Å².